The van der Waals surface area contributed by atoms with Gasteiger partial charge in [-0.2, -0.15) is 9.97 Å². The fourth-order valence-electron chi connectivity index (χ4n) is 4.90. The van der Waals surface area contributed by atoms with Crippen LogP contribution in [0.15, 0.2) is 103 Å². The summed E-state index contributed by atoms with van der Waals surface area (Å²) in [4.78, 5) is 29.6. The molecule has 160 valence electrons. The van der Waals surface area contributed by atoms with Crippen LogP contribution in [0.1, 0.15) is 17.9 Å². The molecule has 1 fully saturated rings. The van der Waals surface area contributed by atoms with Gasteiger partial charge in [0.25, 0.3) is 0 Å². The predicted octanol–water partition coefficient (Wildman–Crippen LogP) is 5.08. The van der Waals surface area contributed by atoms with Crippen molar-refractivity contribution in [3.05, 3.63) is 109 Å². The Balaban J connectivity index is 1.50. The first kappa shape index (κ1) is 19.6. The number of hydrogen-bond donors (Lipinski definition) is 0. The van der Waals surface area contributed by atoms with E-state index in [0.717, 1.165) is 17.5 Å². The highest BCUT2D eigenvalue weighted by Gasteiger charge is 2.47. The van der Waals surface area contributed by atoms with Gasteiger partial charge in [-0.1, -0.05) is 97.1 Å². The van der Waals surface area contributed by atoms with E-state index < -0.39 is 0 Å². The summed E-state index contributed by atoms with van der Waals surface area (Å²) in [6.45, 7) is 0. The summed E-state index contributed by atoms with van der Waals surface area (Å²) in [5.74, 6) is 2.08. The number of ketones is 1. The molecular formula is C28H22N4O. The van der Waals surface area contributed by atoms with Gasteiger partial charge in [-0.25, -0.2) is 4.98 Å². The van der Waals surface area contributed by atoms with Gasteiger partial charge in [0.2, 0.25) is 5.95 Å². The molecular weight excluding hydrogens is 408 g/mol. The highest BCUT2D eigenvalue weighted by atomic mass is 16.1. The van der Waals surface area contributed by atoms with Gasteiger partial charge in [-0.3, -0.25) is 4.79 Å². The van der Waals surface area contributed by atoms with Crippen LogP contribution in [0.3, 0.4) is 0 Å². The molecule has 1 saturated heterocycles. The molecule has 3 atom stereocenters. The van der Waals surface area contributed by atoms with E-state index in [-0.39, 0.29) is 23.8 Å². The van der Waals surface area contributed by atoms with Crippen LogP contribution in [-0.4, -0.2) is 32.8 Å². The van der Waals surface area contributed by atoms with E-state index >= 15 is 0 Å². The van der Waals surface area contributed by atoms with Crippen molar-refractivity contribution >= 4 is 11.7 Å². The van der Waals surface area contributed by atoms with Crippen molar-refractivity contribution in [2.45, 2.75) is 24.4 Å². The van der Waals surface area contributed by atoms with Crippen molar-refractivity contribution in [1.82, 2.24) is 15.0 Å². The lowest BCUT2D eigenvalue weighted by Gasteiger charge is -2.32. The van der Waals surface area contributed by atoms with Crippen molar-refractivity contribution in [2.24, 2.45) is 0 Å². The Morgan fingerprint density at radius 1 is 0.697 bits per heavy atom. The third-order valence-electron chi connectivity index (χ3n) is 6.48. The molecule has 3 heterocycles. The lowest BCUT2D eigenvalue weighted by Crippen LogP contribution is -2.44. The largest absolute Gasteiger partial charge is 0.323 e. The molecule has 0 radical (unpaired) electrons. The van der Waals surface area contributed by atoms with E-state index in [1.54, 1.807) is 6.08 Å². The number of anilines is 1. The zero-order valence-electron chi connectivity index (χ0n) is 18.0. The molecule has 0 N–H and O–H groups in total. The van der Waals surface area contributed by atoms with Gasteiger partial charge in [-0.05, 0) is 18.1 Å². The van der Waals surface area contributed by atoms with Crippen LogP contribution in [0.2, 0.25) is 0 Å². The Morgan fingerprint density at radius 2 is 1.24 bits per heavy atom. The maximum Gasteiger partial charge on any atom is 0.230 e. The molecule has 2 aliphatic heterocycles. The Morgan fingerprint density at radius 3 is 1.82 bits per heavy atom. The molecule has 1 aromatic heterocycles. The normalized spacial score (nSPS) is 21.4. The van der Waals surface area contributed by atoms with Gasteiger partial charge in [0.15, 0.2) is 17.4 Å². The van der Waals surface area contributed by atoms with Crippen LogP contribution < -0.4 is 4.90 Å². The molecule has 5 heteroatoms. The van der Waals surface area contributed by atoms with Crippen molar-refractivity contribution < 1.29 is 4.79 Å². The van der Waals surface area contributed by atoms with Gasteiger partial charge in [0, 0.05) is 17.0 Å². The molecule has 2 aliphatic rings. The van der Waals surface area contributed by atoms with Gasteiger partial charge in [0.05, 0.1) is 12.1 Å². The summed E-state index contributed by atoms with van der Waals surface area (Å²) in [6.07, 6.45) is 4.48. The average Bonchev–Trinajstić information content (AvgIpc) is 3.20. The Labute approximate surface area is 192 Å². The number of rotatable bonds is 4. The lowest BCUT2D eigenvalue weighted by molar-refractivity contribution is -0.115. The Hall–Kier alpha value is -4.12. The van der Waals surface area contributed by atoms with Crippen LogP contribution >= 0.6 is 0 Å². The molecule has 0 amide bonds. The second-order valence-corrected chi connectivity index (χ2v) is 8.44. The number of benzene rings is 3. The maximum absolute atomic E-state index is 12.9. The van der Waals surface area contributed by atoms with Crippen molar-refractivity contribution in [3.8, 4) is 22.8 Å². The summed E-state index contributed by atoms with van der Waals surface area (Å²) in [6, 6.07) is 30.0. The minimum atomic E-state index is -0.278. The van der Waals surface area contributed by atoms with E-state index in [0.29, 0.717) is 17.6 Å². The number of aromatic nitrogens is 3. The summed E-state index contributed by atoms with van der Waals surface area (Å²) in [5.41, 5.74) is 3.07. The van der Waals surface area contributed by atoms with Gasteiger partial charge >= 0.3 is 0 Å². The second-order valence-electron chi connectivity index (χ2n) is 8.44. The third kappa shape index (κ3) is 3.52. The highest BCUT2D eigenvalue weighted by molar-refractivity contribution is 5.99. The van der Waals surface area contributed by atoms with Crippen molar-refractivity contribution in [3.63, 3.8) is 0 Å². The Kier molecular flexibility index (Phi) is 4.80. The summed E-state index contributed by atoms with van der Waals surface area (Å²) in [7, 11) is 0. The number of carbonyl (C=O) groups excluding carboxylic acids is 1. The van der Waals surface area contributed by atoms with Gasteiger partial charge in [0.1, 0.15) is 0 Å². The molecule has 5 nitrogen and oxygen atoms in total. The summed E-state index contributed by atoms with van der Waals surface area (Å²) < 4.78 is 0. The smallest absolute Gasteiger partial charge is 0.230 e. The minimum absolute atomic E-state index is 0.0183. The summed E-state index contributed by atoms with van der Waals surface area (Å²) in [5, 5.41) is 0. The summed E-state index contributed by atoms with van der Waals surface area (Å²) >= 11 is 0. The first-order valence-corrected chi connectivity index (χ1v) is 11.2. The lowest BCUT2D eigenvalue weighted by atomic mass is 9.91. The van der Waals surface area contributed by atoms with E-state index in [1.807, 2.05) is 72.8 Å². The Bertz CT molecular complexity index is 1260. The van der Waals surface area contributed by atoms with Crippen molar-refractivity contribution in [2.75, 3.05) is 4.90 Å². The molecule has 3 unspecified atom stereocenters. The highest BCUT2D eigenvalue weighted by Crippen LogP contribution is 2.43. The first-order valence-electron chi connectivity index (χ1n) is 11.2. The molecule has 0 spiro atoms. The topological polar surface area (TPSA) is 59.0 Å². The molecule has 3 aromatic carbocycles. The number of fused-ring (bicyclic) bond motifs is 2. The van der Waals surface area contributed by atoms with E-state index in [9.17, 15) is 4.79 Å². The second kappa shape index (κ2) is 8.10. The van der Waals surface area contributed by atoms with Gasteiger partial charge in [-0.15, -0.1) is 0 Å². The van der Waals surface area contributed by atoms with Crippen LogP contribution in [0.4, 0.5) is 5.95 Å². The fraction of sp³-hybridized carbons (Fsp3) is 0.143. The molecule has 0 saturated carbocycles. The monoisotopic (exact) mass is 430 g/mol. The predicted molar refractivity (Wildman–Crippen MR) is 129 cm³/mol. The first-order chi connectivity index (χ1) is 16.3. The zero-order chi connectivity index (χ0) is 22.2. The average molecular weight is 431 g/mol. The molecule has 0 aliphatic carbocycles. The van der Waals surface area contributed by atoms with E-state index in [4.69, 9.17) is 15.0 Å². The van der Waals surface area contributed by atoms with Crippen molar-refractivity contribution in [1.29, 1.82) is 0 Å². The van der Waals surface area contributed by atoms with Gasteiger partial charge < -0.3 is 4.90 Å². The van der Waals surface area contributed by atoms with E-state index in [2.05, 4.69) is 29.2 Å². The van der Waals surface area contributed by atoms with Crippen LogP contribution in [0.5, 0.6) is 0 Å². The number of carbonyl (C=O) groups is 1. The molecule has 33 heavy (non-hydrogen) atoms. The minimum Gasteiger partial charge on any atom is -0.323 e. The number of hydrogen-bond acceptors (Lipinski definition) is 5. The van der Waals surface area contributed by atoms with Crippen LogP contribution in [0.25, 0.3) is 22.8 Å². The van der Waals surface area contributed by atoms with E-state index in [1.165, 1.54) is 5.56 Å². The maximum atomic E-state index is 12.9. The molecule has 2 bridgehead atoms. The van der Waals surface area contributed by atoms with Crippen LogP contribution in [0, 0.1) is 0 Å². The quantitative estimate of drug-likeness (QED) is 0.452. The molecule has 4 aromatic rings. The third-order valence-corrected chi connectivity index (χ3v) is 6.48. The van der Waals surface area contributed by atoms with Crippen LogP contribution in [-0.2, 0) is 4.79 Å². The standard InChI is InChI=1S/C28H22N4O/c33-25-17-16-23-22(19-10-4-1-5-11-19)18-24(25)32(23)28-30-26(20-12-6-2-7-13-20)29-27(31-28)21-14-8-3-9-15-21/h1-17,22-24H,18H2. The zero-order valence-corrected chi connectivity index (χ0v) is 18.0. The molecule has 6 rings (SSSR count). The SMILES string of the molecule is O=C1C=CC2C(c3ccccc3)CC1N2c1nc(-c2ccccc2)nc(-c2ccccc2)n1. The number of nitrogens with zero attached hydrogens (tertiary/aromatic N) is 4. The fourth-order valence-corrected chi connectivity index (χ4v) is 4.90.